The molecule has 0 saturated carbocycles. The van der Waals surface area contributed by atoms with E-state index in [1.807, 2.05) is 7.05 Å². The summed E-state index contributed by atoms with van der Waals surface area (Å²) in [6.45, 7) is 4.49. The quantitative estimate of drug-likeness (QED) is 0.747. The number of carbonyl (C=O) groups excluding carboxylic acids is 2. The van der Waals surface area contributed by atoms with E-state index in [1.54, 1.807) is 7.05 Å². The predicted octanol–water partition coefficient (Wildman–Crippen LogP) is 0.670. The van der Waals surface area contributed by atoms with Gasteiger partial charge in [-0.05, 0) is 40.3 Å². The van der Waals surface area contributed by atoms with E-state index in [4.69, 9.17) is 5.11 Å². The molecule has 0 aromatic rings. The molecule has 7 nitrogen and oxygen atoms in total. The molecule has 0 spiro atoms. The first-order chi connectivity index (χ1) is 9.73. The van der Waals surface area contributed by atoms with Crippen molar-refractivity contribution < 1.29 is 19.5 Å². The number of aliphatic carboxylic acids is 1. The highest BCUT2D eigenvalue weighted by atomic mass is 16.4. The molecule has 1 rings (SSSR count). The van der Waals surface area contributed by atoms with E-state index in [0.29, 0.717) is 0 Å². The Morgan fingerprint density at radius 1 is 1.24 bits per heavy atom. The normalized spacial score (nSPS) is 20.5. The van der Waals surface area contributed by atoms with E-state index in [0.717, 1.165) is 25.9 Å². The number of rotatable bonds is 3. The third kappa shape index (κ3) is 4.56. The van der Waals surface area contributed by atoms with E-state index in [2.05, 4.69) is 10.2 Å². The molecule has 118 valence electrons. The molecule has 1 heterocycles. The fourth-order valence-corrected chi connectivity index (χ4v) is 2.23. The maximum Gasteiger partial charge on any atom is 0.331 e. The number of piperidine rings is 1. The van der Waals surface area contributed by atoms with Gasteiger partial charge >= 0.3 is 12.0 Å². The van der Waals surface area contributed by atoms with Crippen molar-refractivity contribution in [3.8, 4) is 0 Å². The van der Waals surface area contributed by atoms with Crippen LogP contribution in [-0.2, 0) is 9.59 Å². The van der Waals surface area contributed by atoms with Crippen LogP contribution in [-0.4, -0.2) is 66.0 Å². The molecule has 1 fully saturated rings. The summed E-state index contributed by atoms with van der Waals surface area (Å²) in [6, 6.07) is -0.445. The molecular formula is C14H23N3O4. The summed E-state index contributed by atoms with van der Waals surface area (Å²) in [7, 11) is 3.64. The molecular weight excluding hydrogens is 274 g/mol. The van der Waals surface area contributed by atoms with Crippen molar-refractivity contribution in [2.24, 2.45) is 0 Å². The number of hydrogen-bond acceptors (Lipinski definition) is 4. The van der Waals surface area contributed by atoms with E-state index in [-0.39, 0.29) is 17.2 Å². The van der Waals surface area contributed by atoms with Gasteiger partial charge in [-0.2, -0.15) is 0 Å². The van der Waals surface area contributed by atoms with Crippen LogP contribution in [0.4, 0.5) is 4.79 Å². The fraction of sp³-hybridized carbons (Fsp3) is 0.643. The van der Waals surface area contributed by atoms with Crippen molar-refractivity contribution >= 4 is 17.9 Å². The highest BCUT2D eigenvalue weighted by molar-refractivity contribution is 6.07. The number of likely N-dealkylation sites (tertiary alicyclic amines) is 1. The number of amides is 3. The first kappa shape index (κ1) is 17.2. The third-order valence-corrected chi connectivity index (χ3v) is 3.91. The average molecular weight is 297 g/mol. The van der Waals surface area contributed by atoms with Crippen molar-refractivity contribution in [1.82, 2.24) is 15.1 Å². The molecule has 1 aliphatic heterocycles. The van der Waals surface area contributed by atoms with E-state index < -0.39 is 17.9 Å². The Kier molecular flexibility index (Phi) is 5.90. The molecule has 0 aliphatic carbocycles. The summed E-state index contributed by atoms with van der Waals surface area (Å²) in [5.74, 6) is -1.84. The van der Waals surface area contributed by atoms with Gasteiger partial charge in [0.25, 0.3) is 5.91 Å². The number of urea groups is 1. The minimum absolute atomic E-state index is 0.0324. The molecule has 0 aromatic carbocycles. The predicted molar refractivity (Wildman–Crippen MR) is 77.8 cm³/mol. The highest BCUT2D eigenvalue weighted by Gasteiger charge is 2.26. The van der Waals surface area contributed by atoms with Crippen LogP contribution in [0.1, 0.15) is 26.7 Å². The monoisotopic (exact) mass is 297 g/mol. The minimum atomic E-state index is -1.17. The lowest BCUT2D eigenvalue weighted by Gasteiger charge is -2.35. The highest BCUT2D eigenvalue weighted by Crippen LogP contribution is 2.13. The summed E-state index contributed by atoms with van der Waals surface area (Å²) >= 11 is 0. The van der Waals surface area contributed by atoms with Gasteiger partial charge < -0.3 is 14.9 Å². The second-order valence-electron chi connectivity index (χ2n) is 5.48. The Hall–Kier alpha value is -1.89. The number of imide groups is 1. The van der Waals surface area contributed by atoms with Gasteiger partial charge in [-0.15, -0.1) is 0 Å². The van der Waals surface area contributed by atoms with Crippen LogP contribution >= 0.6 is 0 Å². The third-order valence-electron chi connectivity index (χ3n) is 3.91. The Bertz CT molecular complexity index is 473. The molecule has 2 N–H and O–H groups in total. The molecule has 0 bridgehead atoms. The van der Waals surface area contributed by atoms with Gasteiger partial charge in [0.1, 0.15) is 0 Å². The molecule has 21 heavy (non-hydrogen) atoms. The van der Waals surface area contributed by atoms with E-state index in [9.17, 15) is 14.4 Å². The summed E-state index contributed by atoms with van der Waals surface area (Å²) in [5, 5.41) is 11.1. The fourth-order valence-electron chi connectivity index (χ4n) is 2.23. The van der Waals surface area contributed by atoms with Gasteiger partial charge in [-0.1, -0.05) is 0 Å². The number of nitrogens with zero attached hydrogens (tertiary/aromatic N) is 2. The molecule has 1 unspecified atom stereocenters. The first-order valence-electron chi connectivity index (χ1n) is 6.91. The van der Waals surface area contributed by atoms with Crippen LogP contribution in [0.25, 0.3) is 0 Å². The smallest absolute Gasteiger partial charge is 0.331 e. The molecule has 0 aromatic heterocycles. The number of carboxylic acid groups (broad SMARTS) is 1. The summed E-state index contributed by atoms with van der Waals surface area (Å²) in [5.41, 5.74) is -0.0367. The average Bonchev–Trinajstić information content (AvgIpc) is 2.44. The van der Waals surface area contributed by atoms with Crippen molar-refractivity contribution in [1.29, 1.82) is 0 Å². The lowest BCUT2D eigenvalue weighted by Crippen LogP contribution is -2.51. The largest absolute Gasteiger partial charge is 0.478 e. The lowest BCUT2D eigenvalue weighted by atomic mass is 10.1. The van der Waals surface area contributed by atoms with Crippen LogP contribution < -0.4 is 5.32 Å². The first-order valence-corrected chi connectivity index (χ1v) is 6.91. The number of carboxylic acids is 1. The van der Waals surface area contributed by atoms with E-state index in [1.165, 1.54) is 18.7 Å². The van der Waals surface area contributed by atoms with Crippen molar-refractivity contribution in [2.45, 2.75) is 32.7 Å². The topological polar surface area (TPSA) is 89.9 Å². The number of carbonyl (C=O) groups is 3. The Morgan fingerprint density at radius 3 is 2.38 bits per heavy atom. The Balaban J connectivity index is 2.66. The molecule has 3 amide bonds. The van der Waals surface area contributed by atoms with Crippen LogP contribution in [0, 0.1) is 0 Å². The van der Waals surface area contributed by atoms with Gasteiger partial charge in [-0.25, -0.2) is 9.59 Å². The van der Waals surface area contributed by atoms with Crippen LogP contribution in [0.2, 0.25) is 0 Å². The lowest BCUT2D eigenvalue weighted by molar-refractivity contribution is -0.133. The summed E-state index contributed by atoms with van der Waals surface area (Å²) < 4.78 is 0. The van der Waals surface area contributed by atoms with Crippen LogP contribution in [0.3, 0.4) is 0 Å². The van der Waals surface area contributed by atoms with Crippen LogP contribution in [0.15, 0.2) is 11.1 Å². The zero-order valence-corrected chi connectivity index (χ0v) is 13.0. The maximum atomic E-state index is 12.1. The summed E-state index contributed by atoms with van der Waals surface area (Å²) in [6.07, 6.45) is 1.90. The van der Waals surface area contributed by atoms with Crippen molar-refractivity contribution in [2.75, 3.05) is 27.2 Å². The molecule has 1 aliphatic rings. The zero-order chi connectivity index (χ0) is 16.2. The Labute approximate surface area is 124 Å². The van der Waals surface area contributed by atoms with Gasteiger partial charge in [0, 0.05) is 30.8 Å². The number of likely N-dealkylation sites (N-methyl/N-ethyl adjacent to an activating group) is 2. The second-order valence-corrected chi connectivity index (χ2v) is 5.48. The molecule has 1 atom stereocenters. The van der Waals surface area contributed by atoms with Gasteiger partial charge in [0.05, 0.1) is 0 Å². The van der Waals surface area contributed by atoms with E-state index >= 15 is 0 Å². The minimum Gasteiger partial charge on any atom is -0.478 e. The zero-order valence-electron chi connectivity index (χ0n) is 13.0. The summed E-state index contributed by atoms with van der Waals surface area (Å²) in [4.78, 5) is 38.4. The van der Waals surface area contributed by atoms with Crippen molar-refractivity contribution in [3.05, 3.63) is 11.1 Å². The van der Waals surface area contributed by atoms with Crippen LogP contribution in [0.5, 0.6) is 0 Å². The standard InChI is InChI=1S/C14H23N3O4/c1-9(10(2)13(19)20)12(18)15-14(21)17(4)11-6-5-7-16(3)8-11/h11H,5-8H2,1-4H3,(H,19,20)(H,15,18,21). The molecule has 7 heteroatoms. The Morgan fingerprint density at radius 2 is 1.86 bits per heavy atom. The van der Waals surface area contributed by atoms with Gasteiger partial charge in [0.15, 0.2) is 0 Å². The van der Waals surface area contributed by atoms with Crippen molar-refractivity contribution in [3.63, 3.8) is 0 Å². The second kappa shape index (κ2) is 7.21. The SMILES string of the molecule is CC(C(=O)O)=C(C)C(=O)NC(=O)N(C)C1CCCN(C)C1. The molecule has 1 saturated heterocycles. The number of nitrogens with one attached hydrogen (secondary N) is 1. The molecule has 0 radical (unpaired) electrons. The van der Waals surface area contributed by atoms with Gasteiger partial charge in [0.2, 0.25) is 0 Å². The maximum absolute atomic E-state index is 12.1. The number of hydrogen-bond donors (Lipinski definition) is 2. The van der Waals surface area contributed by atoms with Gasteiger partial charge in [-0.3, -0.25) is 10.1 Å².